The largest absolute Gasteiger partial charge is 0.354 e. The average molecular weight is 493 g/mol. The third-order valence-electron chi connectivity index (χ3n) is 5.81. The van der Waals surface area contributed by atoms with Gasteiger partial charge in [0, 0.05) is 24.7 Å². The number of hydrogen-bond donors (Lipinski definition) is 2. The number of hydrogen-bond acceptors (Lipinski definition) is 6. The van der Waals surface area contributed by atoms with Crippen molar-refractivity contribution >= 4 is 45.9 Å². The Balaban J connectivity index is 1.61. The van der Waals surface area contributed by atoms with Gasteiger partial charge in [-0.2, -0.15) is 0 Å². The Morgan fingerprint density at radius 1 is 1.06 bits per heavy atom. The first-order valence-corrected chi connectivity index (χ1v) is 12.5. The van der Waals surface area contributed by atoms with Gasteiger partial charge in [0.05, 0.1) is 16.7 Å². The number of fused-ring (bicyclic) bond motifs is 3. The number of carbonyl (C=O) groups is 2. The molecule has 4 aromatic rings. The third-order valence-corrected chi connectivity index (χ3v) is 6.74. The fourth-order valence-electron chi connectivity index (χ4n) is 3.72. The van der Waals surface area contributed by atoms with E-state index in [1.54, 1.807) is 16.5 Å². The number of aryl methyl sites for hydroxylation is 2. The van der Waals surface area contributed by atoms with Crippen LogP contribution in [0.5, 0.6) is 0 Å². The molecule has 2 aromatic carbocycles. The minimum Gasteiger partial charge on any atom is -0.354 e. The van der Waals surface area contributed by atoms with Crippen molar-refractivity contribution in [2.45, 2.75) is 51.4 Å². The Morgan fingerprint density at radius 3 is 2.57 bits per heavy atom. The molecular weight excluding hydrogens is 464 g/mol. The van der Waals surface area contributed by atoms with E-state index in [4.69, 9.17) is 0 Å². The maximum absolute atomic E-state index is 13.2. The summed E-state index contributed by atoms with van der Waals surface area (Å²) in [6.07, 6.45) is 0.973. The Labute approximate surface area is 206 Å². The van der Waals surface area contributed by atoms with E-state index in [0.29, 0.717) is 21.8 Å². The van der Waals surface area contributed by atoms with Crippen molar-refractivity contribution in [3.63, 3.8) is 0 Å². The van der Waals surface area contributed by atoms with E-state index in [2.05, 4.69) is 20.8 Å². The molecule has 182 valence electrons. The lowest BCUT2D eigenvalue weighted by atomic mass is 10.2. The van der Waals surface area contributed by atoms with Gasteiger partial charge in [-0.05, 0) is 44.0 Å². The van der Waals surface area contributed by atoms with Crippen LogP contribution < -0.4 is 16.2 Å². The topological polar surface area (TPSA) is 110 Å². The second kappa shape index (κ2) is 10.7. The molecule has 0 spiro atoms. The predicted molar refractivity (Wildman–Crippen MR) is 138 cm³/mol. The van der Waals surface area contributed by atoms with Crippen LogP contribution in [0.1, 0.15) is 32.3 Å². The number of benzene rings is 2. The van der Waals surface area contributed by atoms with E-state index >= 15 is 0 Å². The molecule has 0 radical (unpaired) electrons. The Morgan fingerprint density at radius 2 is 1.80 bits per heavy atom. The van der Waals surface area contributed by atoms with Crippen LogP contribution in [0.15, 0.2) is 58.5 Å². The van der Waals surface area contributed by atoms with Crippen molar-refractivity contribution in [2.24, 2.45) is 0 Å². The van der Waals surface area contributed by atoms with Crippen molar-refractivity contribution in [3.8, 4) is 0 Å². The highest BCUT2D eigenvalue weighted by atomic mass is 32.2. The van der Waals surface area contributed by atoms with E-state index in [1.807, 2.05) is 57.2 Å². The minimum absolute atomic E-state index is 0.0674. The van der Waals surface area contributed by atoms with Gasteiger partial charge in [-0.25, -0.2) is 0 Å². The molecule has 0 aliphatic heterocycles. The van der Waals surface area contributed by atoms with E-state index in [0.717, 1.165) is 17.7 Å². The van der Waals surface area contributed by atoms with Crippen LogP contribution in [0.25, 0.3) is 16.7 Å². The average Bonchev–Trinajstić information content (AvgIpc) is 3.28. The summed E-state index contributed by atoms with van der Waals surface area (Å²) in [5.41, 5.74) is 2.16. The summed E-state index contributed by atoms with van der Waals surface area (Å²) < 4.78 is 3.25. The number of aromatic nitrogens is 4. The highest BCUT2D eigenvalue weighted by Crippen LogP contribution is 2.22. The highest BCUT2D eigenvalue weighted by molar-refractivity contribution is 7.99. The Kier molecular flexibility index (Phi) is 7.50. The molecule has 0 fully saturated rings. The van der Waals surface area contributed by atoms with Gasteiger partial charge in [-0.15, -0.1) is 10.2 Å². The molecule has 2 aromatic heterocycles. The van der Waals surface area contributed by atoms with Crippen LogP contribution in [-0.2, 0) is 16.1 Å². The molecule has 0 unspecified atom stereocenters. The summed E-state index contributed by atoms with van der Waals surface area (Å²) in [5, 5.41) is 15.3. The van der Waals surface area contributed by atoms with Crippen LogP contribution in [0.2, 0.25) is 0 Å². The van der Waals surface area contributed by atoms with Crippen LogP contribution in [0.4, 0.5) is 5.69 Å². The standard InChI is InChI=1S/C25H28N6O3S/c1-4-17(3)26-21(32)13-14-30-23(34)18-10-6-8-12-20(18)31-24(30)28-29-25(31)35-15-22(33)27-19-11-7-5-9-16(19)2/h5-12,17H,4,13-15H2,1-3H3,(H,26,32)(H,27,33)/t17-/m1/s1. The third kappa shape index (κ3) is 5.37. The van der Waals surface area contributed by atoms with E-state index < -0.39 is 0 Å². The lowest BCUT2D eigenvalue weighted by molar-refractivity contribution is -0.122. The maximum Gasteiger partial charge on any atom is 0.262 e. The number of para-hydroxylation sites is 2. The summed E-state index contributed by atoms with van der Waals surface area (Å²) in [4.78, 5) is 38.1. The molecule has 0 saturated carbocycles. The van der Waals surface area contributed by atoms with Gasteiger partial charge in [0.25, 0.3) is 5.56 Å². The van der Waals surface area contributed by atoms with Crippen molar-refractivity contribution in [1.29, 1.82) is 0 Å². The van der Waals surface area contributed by atoms with Gasteiger partial charge in [0.2, 0.25) is 17.6 Å². The molecule has 9 nitrogen and oxygen atoms in total. The van der Waals surface area contributed by atoms with E-state index in [-0.39, 0.29) is 42.1 Å². The normalized spacial score (nSPS) is 12.1. The minimum atomic E-state index is -0.231. The SMILES string of the molecule is CC[C@@H](C)NC(=O)CCn1c(=O)c2ccccc2n2c(SCC(=O)Nc3ccccc3C)nnc12. The number of amides is 2. The van der Waals surface area contributed by atoms with Gasteiger partial charge in [-0.1, -0.05) is 49.0 Å². The summed E-state index contributed by atoms with van der Waals surface area (Å²) >= 11 is 1.24. The molecule has 0 bridgehead atoms. The molecule has 1 atom stereocenters. The number of nitrogens with zero attached hydrogens (tertiary/aromatic N) is 4. The van der Waals surface area contributed by atoms with Crippen molar-refractivity contribution in [2.75, 3.05) is 11.1 Å². The van der Waals surface area contributed by atoms with E-state index in [1.165, 1.54) is 16.3 Å². The fraction of sp³-hybridized carbons (Fsp3) is 0.320. The zero-order valence-electron chi connectivity index (χ0n) is 19.9. The number of thioether (sulfide) groups is 1. The van der Waals surface area contributed by atoms with Crippen molar-refractivity contribution in [3.05, 3.63) is 64.4 Å². The first kappa shape index (κ1) is 24.5. The fourth-order valence-corrected chi connectivity index (χ4v) is 4.46. The second-order valence-corrected chi connectivity index (χ2v) is 9.31. The smallest absolute Gasteiger partial charge is 0.262 e. The second-order valence-electron chi connectivity index (χ2n) is 8.37. The monoisotopic (exact) mass is 492 g/mol. The molecule has 35 heavy (non-hydrogen) atoms. The molecule has 2 heterocycles. The van der Waals surface area contributed by atoms with Gasteiger partial charge in [0.1, 0.15) is 0 Å². The van der Waals surface area contributed by atoms with Gasteiger partial charge in [-0.3, -0.25) is 23.4 Å². The van der Waals surface area contributed by atoms with Gasteiger partial charge < -0.3 is 10.6 Å². The lowest BCUT2D eigenvalue weighted by Crippen LogP contribution is -2.33. The van der Waals surface area contributed by atoms with Crippen LogP contribution >= 0.6 is 11.8 Å². The zero-order valence-corrected chi connectivity index (χ0v) is 20.8. The molecule has 2 N–H and O–H groups in total. The number of nitrogens with one attached hydrogen (secondary N) is 2. The van der Waals surface area contributed by atoms with Gasteiger partial charge in [0.15, 0.2) is 5.16 Å². The Bertz CT molecular complexity index is 1440. The lowest BCUT2D eigenvalue weighted by Gasteiger charge is -2.13. The maximum atomic E-state index is 13.2. The summed E-state index contributed by atoms with van der Waals surface area (Å²) in [6.45, 7) is 6.05. The van der Waals surface area contributed by atoms with Crippen molar-refractivity contribution in [1.82, 2.24) is 24.5 Å². The molecular formula is C25H28N6O3S. The first-order valence-electron chi connectivity index (χ1n) is 11.5. The number of anilines is 1. The van der Waals surface area contributed by atoms with Crippen LogP contribution in [0.3, 0.4) is 0 Å². The molecule has 2 amide bonds. The first-order chi connectivity index (χ1) is 16.9. The predicted octanol–water partition coefficient (Wildman–Crippen LogP) is 3.39. The molecule has 4 rings (SSSR count). The molecule has 10 heteroatoms. The summed E-state index contributed by atoms with van der Waals surface area (Å²) in [7, 11) is 0. The number of rotatable bonds is 9. The quantitative estimate of drug-likeness (QED) is 0.347. The molecule has 0 aliphatic rings. The molecule has 0 aliphatic carbocycles. The summed E-state index contributed by atoms with van der Waals surface area (Å²) in [5.74, 6) is 0.173. The van der Waals surface area contributed by atoms with Crippen LogP contribution in [0, 0.1) is 6.92 Å². The zero-order chi connectivity index (χ0) is 24.9. The number of carbonyl (C=O) groups excluding carboxylic acids is 2. The van der Waals surface area contributed by atoms with E-state index in [9.17, 15) is 14.4 Å². The Hall–Kier alpha value is -3.66. The van der Waals surface area contributed by atoms with Gasteiger partial charge >= 0.3 is 0 Å². The summed E-state index contributed by atoms with van der Waals surface area (Å²) in [6, 6.07) is 14.8. The highest BCUT2D eigenvalue weighted by Gasteiger charge is 2.18. The van der Waals surface area contributed by atoms with Crippen molar-refractivity contribution < 1.29 is 9.59 Å². The van der Waals surface area contributed by atoms with Crippen LogP contribution in [-0.4, -0.2) is 42.8 Å². The molecule has 0 saturated heterocycles.